The second kappa shape index (κ2) is 6.38. The summed E-state index contributed by atoms with van der Waals surface area (Å²) in [5, 5.41) is 5.39. The number of carbonyl (C=O) groups excluding carboxylic acids is 3. The molecule has 3 rings (SSSR count). The quantitative estimate of drug-likeness (QED) is 0.812. The van der Waals surface area contributed by atoms with Gasteiger partial charge < -0.3 is 9.80 Å². The van der Waals surface area contributed by atoms with Crippen LogP contribution in [0.3, 0.4) is 0 Å². The lowest BCUT2D eigenvalue weighted by molar-refractivity contribution is -0.133. The third-order valence-electron chi connectivity index (χ3n) is 4.02. The van der Waals surface area contributed by atoms with E-state index in [9.17, 15) is 18.8 Å². The fourth-order valence-corrected chi connectivity index (χ4v) is 2.63. The molecule has 2 aliphatic rings. The largest absolute Gasteiger partial charge is 0.326 e. The Morgan fingerprint density at radius 2 is 1.88 bits per heavy atom. The second-order valence-corrected chi connectivity index (χ2v) is 5.86. The van der Waals surface area contributed by atoms with E-state index in [0.717, 1.165) is 5.56 Å². The van der Waals surface area contributed by atoms with Gasteiger partial charge in [0.1, 0.15) is 18.1 Å². The highest BCUT2D eigenvalue weighted by Crippen LogP contribution is 2.16. The summed E-state index contributed by atoms with van der Waals surface area (Å²) in [6, 6.07) is 5.76. The zero-order valence-corrected chi connectivity index (χ0v) is 13.2. The molecule has 0 radical (unpaired) electrons. The predicted octanol–water partition coefficient (Wildman–Crippen LogP) is 0.562. The number of nitrogens with zero attached hydrogens (tertiary/aromatic N) is 4. The lowest BCUT2D eigenvalue weighted by Gasteiger charge is -2.25. The van der Waals surface area contributed by atoms with Crippen molar-refractivity contribution in [1.82, 2.24) is 14.8 Å². The van der Waals surface area contributed by atoms with Crippen molar-refractivity contribution in [3.05, 3.63) is 35.6 Å². The van der Waals surface area contributed by atoms with Gasteiger partial charge >= 0.3 is 0 Å². The maximum Gasteiger partial charge on any atom is 0.271 e. The summed E-state index contributed by atoms with van der Waals surface area (Å²) in [6.45, 7) is 0.428. The Hall–Kier alpha value is -2.77. The molecule has 0 spiro atoms. The summed E-state index contributed by atoms with van der Waals surface area (Å²) in [7, 11) is 1.63. The average Bonchev–Trinajstić information content (AvgIpc) is 2.90. The topological polar surface area (TPSA) is 73.3 Å². The van der Waals surface area contributed by atoms with E-state index >= 15 is 0 Å². The molecule has 0 bridgehead atoms. The van der Waals surface area contributed by atoms with Gasteiger partial charge in [0.2, 0.25) is 11.8 Å². The Morgan fingerprint density at radius 3 is 2.50 bits per heavy atom. The number of carbonyl (C=O) groups is 3. The van der Waals surface area contributed by atoms with Crippen molar-refractivity contribution >= 4 is 23.4 Å². The summed E-state index contributed by atoms with van der Waals surface area (Å²) in [5.41, 5.74) is 0.984. The second-order valence-electron chi connectivity index (χ2n) is 5.86. The Morgan fingerprint density at radius 1 is 1.17 bits per heavy atom. The standard InChI is InChI=1S/C16H17FN4O3/c1-19-10-20(9-15(19)23)16(24)13-6-7-14(22)21(18-13)8-11-2-4-12(17)5-3-11/h2-5H,6-10H2,1H3. The maximum absolute atomic E-state index is 13.0. The van der Waals surface area contributed by atoms with Gasteiger partial charge in [-0.15, -0.1) is 0 Å². The fourth-order valence-electron chi connectivity index (χ4n) is 2.63. The van der Waals surface area contributed by atoms with Crippen molar-refractivity contribution in [2.75, 3.05) is 20.3 Å². The van der Waals surface area contributed by atoms with Gasteiger partial charge in [-0.2, -0.15) is 5.10 Å². The first-order valence-corrected chi connectivity index (χ1v) is 7.59. The number of halogens is 1. The molecule has 126 valence electrons. The molecule has 0 N–H and O–H groups in total. The lowest BCUT2D eigenvalue weighted by atomic mass is 10.1. The van der Waals surface area contributed by atoms with Crippen LogP contribution in [0.5, 0.6) is 0 Å². The van der Waals surface area contributed by atoms with Crippen LogP contribution in [0, 0.1) is 5.82 Å². The molecular weight excluding hydrogens is 315 g/mol. The molecule has 2 heterocycles. The molecule has 7 nitrogen and oxygen atoms in total. The van der Waals surface area contributed by atoms with Gasteiger partial charge in [0.15, 0.2) is 0 Å². The van der Waals surface area contributed by atoms with Crippen molar-refractivity contribution in [2.45, 2.75) is 19.4 Å². The van der Waals surface area contributed by atoms with Gasteiger partial charge in [0.05, 0.1) is 13.2 Å². The minimum atomic E-state index is -0.356. The van der Waals surface area contributed by atoms with E-state index in [1.807, 2.05) is 0 Å². The normalized spacial score (nSPS) is 18.2. The van der Waals surface area contributed by atoms with Crippen LogP contribution in [-0.4, -0.2) is 58.5 Å². The number of likely N-dealkylation sites (N-methyl/N-ethyl adjacent to an activating group) is 1. The molecule has 0 aromatic heterocycles. The highest BCUT2D eigenvalue weighted by molar-refractivity contribution is 6.39. The lowest BCUT2D eigenvalue weighted by Crippen LogP contribution is -2.41. The van der Waals surface area contributed by atoms with Crippen molar-refractivity contribution in [3.8, 4) is 0 Å². The van der Waals surface area contributed by atoms with E-state index in [4.69, 9.17) is 0 Å². The Labute approximate surface area is 138 Å². The molecule has 0 unspecified atom stereocenters. The first kappa shape index (κ1) is 16.1. The maximum atomic E-state index is 13.0. The van der Waals surface area contributed by atoms with Crippen LogP contribution in [0.1, 0.15) is 18.4 Å². The highest BCUT2D eigenvalue weighted by atomic mass is 19.1. The number of benzene rings is 1. The Bertz CT molecular complexity index is 717. The summed E-state index contributed by atoms with van der Waals surface area (Å²) in [5.74, 6) is -1.00. The smallest absolute Gasteiger partial charge is 0.271 e. The monoisotopic (exact) mass is 332 g/mol. The van der Waals surface area contributed by atoms with Crippen molar-refractivity contribution in [3.63, 3.8) is 0 Å². The third kappa shape index (κ3) is 3.27. The number of amides is 3. The molecule has 0 saturated carbocycles. The summed E-state index contributed by atoms with van der Waals surface area (Å²) in [4.78, 5) is 38.9. The number of hydrogen-bond donors (Lipinski definition) is 0. The van der Waals surface area contributed by atoms with Crippen molar-refractivity contribution in [2.24, 2.45) is 5.10 Å². The van der Waals surface area contributed by atoms with E-state index < -0.39 is 0 Å². The van der Waals surface area contributed by atoms with E-state index in [1.54, 1.807) is 19.2 Å². The molecule has 3 amide bonds. The predicted molar refractivity (Wildman–Crippen MR) is 83.0 cm³/mol. The van der Waals surface area contributed by atoms with Crippen molar-refractivity contribution < 1.29 is 18.8 Å². The van der Waals surface area contributed by atoms with Crippen LogP contribution < -0.4 is 0 Å². The molecule has 1 aromatic carbocycles. The number of hydrogen-bond acceptors (Lipinski definition) is 4. The molecule has 0 aliphatic carbocycles. The van der Waals surface area contributed by atoms with Crippen molar-refractivity contribution in [1.29, 1.82) is 0 Å². The van der Waals surface area contributed by atoms with E-state index in [-0.39, 0.29) is 61.9 Å². The first-order valence-electron chi connectivity index (χ1n) is 7.59. The molecule has 0 atom stereocenters. The van der Waals surface area contributed by atoms with E-state index in [2.05, 4.69) is 5.10 Å². The van der Waals surface area contributed by atoms with Gasteiger partial charge in [0.25, 0.3) is 5.91 Å². The Balaban J connectivity index is 1.74. The van der Waals surface area contributed by atoms with Crippen LogP contribution in [0.25, 0.3) is 0 Å². The number of rotatable bonds is 3. The summed E-state index contributed by atoms with van der Waals surface area (Å²) >= 11 is 0. The van der Waals surface area contributed by atoms with Crippen LogP contribution in [-0.2, 0) is 20.9 Å². The van der Waals surface area contributed by atoms with Crippen LogP contribution in [0.4, 0.5) is 4.39 Å². The molecule has 2 aliphatic heterocycles. The minimum Gasteiger partial charge on any atom is -0.326 e. The summed E-state index contributed by atoms with van der Waals surface area (Å²) < 4.78 is 13.0. The van der Waals surface area contributed by atoms with Gasteiger partial charge in [0, 0.05) is 19.9 Å². The van der Waals surface area contributed by atoms with Gasteiger partial charge in [-0.3, -0.25) is 14.4 Å². The van der Waals surface area contributed by atoms with Crippen LogP contribution in [0.2, 0.25) is 0 Å². The van der Waals surface area contributed by atoms with E-state index in [1.165, 1.54) is 26.9 Å². The molecule has 1 fully saturated rings. The minimum absolute atomic E-state index is 0.0280. The zero-order chi connectivity index (χ0) is 17.3. The van der Waals surface area contributed by atoms with Gasteiger partial charge in [-0.1, -0.05) is 12.1 Å². The molecule has 1 aromatic rings. The SMILES string of the molecule is CN1CN(C(=O)C2=NN(Cc3ccc(F)cc3)C(=O)CC2)CC1=O. The average molecular weight is 332 g/mol. The van der Waals surface area contributed by atoms with E-state index in [0.29, 0.717) is 0 Å². The third-order valence-corrected chi connectivity index (χ3v) is 4.02. The first-order chi connectivity index (χ1) is 11.4. The molecule has 8 heteroatoms. The van der Waals surface area contributed by atoms with Gasteiger partial charge in [-0.05, 0) is 17.7 Å². The molecular formula is C16H17FN4O3. The van der Waals surface area contributed by atoms with Gasteiger partial charge in [-0.25, -0.2) is 9.40 Å². The summed E-state index contributed by atoms with van der Waals surface area (Å²) in [6.07, 6.45) is 0.440. The van der Waals surface area contributed by atoms with Crippen LogP contribution >= 0.6 is 0 Å². The molecule has 24 heavy (non-hydrogen) atoms. The Kier molecular flexibility index (Phi) is 4.28. The number of hydrazone groups is 1. The van der Waals surface area contributed by atoms with Crippen LogP contribution in [0.15, 0.2) is 29.4 Å². The fraction of sp³-hybridized carbons (Fsp3) is 0.375. The highest BCUT2D eigenvalue weighted by Gasteiger charge is 2.33. The molecule has 1 saturated heterocycles. The zero-order valence-electron chi connectivity index (χ0n) is 13.2.